The maximum atomic E-state index is 12.6. The number of carbonyl (C=O) groups excluding carboxylic acids is 1. The molecule has 0 aromatic heterocycles. The topological polar surface area (TPSA) is 55.6 Å². The van der Waals surface area contributed by atoms with Crippen LogP contribution in [0.4, 0.5) is 0 Å². The lowest BCUT2D eigenvalue weighted by Gasteiger charge is -2.42. The molecule has 0 spiro atoms. The number of ether oxygens (including phenoxy) is 1. The largest absolute Gasteiger partial charge is 0.381 e. The van der Waals surface area contributed by atoms with Crippen molar-refractivity contribution >= 4 is 5.91 Å². The highest BCUT2D eigenvalue weighted by molar-refractivity contribution is 5.86. The molecule has 1 unspecified atom stereocenters. The molecule has 2 N–H and O–H groups in total. The molecule has 2 aliphatic heterocycles. The molecule has 2 saturated heterocycles. The average molecular weight is 240 g/mol. The van der Waals surface area contributed by atoms with E-state index in [4.69, 9.17) is 10.5 Å². The van der Waals surface area contributed by atoms with Gasteiger partial charge in [0.2, 0.25) is 5.91 Å². The monoisotopic (exact) mass is 240 g/mol. The van der Waals surface area contributed by atoms with Gasteiger partial charge in [-0.25, -0.2) is 0 Å². The molecule has 2 rings (SSSR count). The van der Waals surface area contributed by atoms with Crippen LogP contribution >= 0.6 is 0 Å². The van der Waals surface area contributed by atoms with Crippen molar-refractivity contribution in [2.75, 3.05) is 19.8 Å². The van der Waals surface area contributed by atoms with E-state index in [1.165, 1.54) is 6.42 Å². The van der Waals surface area contributed by atoms with Crippen molar-refractivity contribution in [3.63, 3.8) is 0 Å². The van der Waals surface area contributed by atoms with Crippen molar-refractivity contribution in [1.82, 2.24) is 4.90 Å². The first-order valence-corrected chi connectivity index (χ1v) is 6.85. The first-order chi connectivity index (χ1) is 8.17. The zero-order chi connectivity index (χ0) is 12.3. The standard InChI is InChI=1S/C13H24N2O2/c1-2-11-5-3-4-8-15(11)12(16)13(14)6-9-17-10-7-13/h11H,2-10,14H2,1H3. The minimum Gasteiger partial charge on any atom is -0.381 e. The fraction of sp³-hybridized carbons (Fsp3) is 0.923. The zero-order valence-corrected chi connectivity index (χ0v) is 10.8. The summed E-state index contributed by atoms with van der Waals surface area (Å²) in [6.45, 7) is 4.28. The summed E-state index contributed by atoms with van der Waals surface area (Å²) in [4.78, 5) is 14.6. The highest BCUT2D eigenvalue weighted by Crippen LogP contribution is 2.26. The number of hydrogen-bond acceptors (Lipinski definition) is 3. The van der Waals surface area contributed by atoms with E-state index in [1.54, 1.807) is 0 Å². The SMILES string of the molecule is CCC1CCCCN1C(=O)C1(N)CCOCC1. The molecule has 0 radical (unpaired) electrons. The van der Waals surface area contributed by atoms with Crippen molar-refractivity contribution in [1.29, 1.82) is 0 Å². The number of rotatable bonds is 2. The smallest absolute Gasteiger partial charge is 0.243 e. The predicted octanol–water partition coefficient (Wildman–Crippen LogP) is 1.29. The van der Waals surface area contributed by atoms with Crippen LogP contribution in [0.25, 0.3) is 0 Å². The second-order valence-electron chi connectivity index (χ2n) is 5.32. The molecule has 0 saturated carbocycles. The van der Waals surface area contributed by atoms with Gasteiger partial charge in [0.25, 0.3) is 0 Å². The molecule has 2 aliphatic rings. The van der Waals surface area contributed by atoms with Crippen LogP contribution in [0.3, 0.4) is 0 Å². The van der Waals surface area contributed by atoms with Crippen molar-refractivity contribution in [3.8, 4) is 0 Å². The Hall–Kier alpha value is -0.610. The third kappa shape index (κ3) is 2.63. The van der Waals surface area contributed by atoms with Crippen LogP contribution < -0.4 is 5.73 Å². The Morgan fingerprint density at radius 3 is 2.76 bits per heavy atom. The minimum absolute atomic E-state index is 0.160. The van der Waals surface area contributed by atoms with Gasteiger partial charge in [-0.15, -0.1) is 0 Å². The van der Waals surface area contributed by atoms with Crippen LogP contribution in [0.5, 0.6) is 0 Å². The van der Waals surface area contributed by atoms with Crippen molar-refractivity contribution < 1.29 is 9.53 Å². The highest BCUT2D eigenvalue weighted by atomic mass is 16.5. The van der Waals surface area contributed by atoms with Crippen LogP contribution in [-0.2, 0) is 9.53 Å². The maximum absolute atomic E-state index is 12.6. The lowest BCUT2D eigenvalue weighted by molar-refractivity contribution is -0.144. The maximum Gasteiger partial charge on any atom is 0.243 e. The predicted molar refractivity (Wildman–Crippen MR) is 66.6 cm³/mol. The summed E-state index contributed by atoms with van der Waals surface area (Å²) >= 11 is 0. The van der Waals surface area contributed by atoms with E-state index >= 15 is 0 Å². The van der Waals surface area contributed by atoms with Crippen LogP contribution in [0.1, 0.15) is 45.4 Å². The Balaban J connectivity index is 2.06. The Bertz CT molecular complexity index is 275. The number of hydrogen-bond donors (Lipinski definition) is 1. The van der Waals surface area contributed by atoms with E-state index in [0.717, 1.165) is 25.8 Å². The van der Waals surface area contributed by atoms with Gasteiger partial charge in [0.05, 0.1) is 5.54 Å². The van der Waals surface area contributed by atoms with Crippen LogP contribution in [0.15, 0.2) is 0 Å². The molecule has 2 heterocycles. The van der Waals surface area contributed by atoms with E-state index < -0.39 is 5.54 Å². The van der Waals surface area contributed by atoms with Gasteiger partial charge < -0.3 is 15.4 Å². The molecule has 0 aromatic rings. The number of piperidine rings is 1. The van der Waals surface area contributed by atoms with Crippen molar-refractivity contribution in [2.45, 2.75) is 57.0 Å². The average Bonchev–Trinajstić information content (AvgIpc) is 2.38. The molecule has 1 atom stereocenters. The second kappa shape index (κ2) is 5.36. The van der Waals surface area contributed by atoms with Gasteiger partial charge in [-0.3, -0.25) is 4.79 Å². The molecule has 98 valence electrons. The third-order valence-electron chi connectivity index (χ3n) is 4.17. The lowest BCUT2D eigenvalue weighted by atomic mass is 9.87. The molecule has 2 fully saturated rings. The van der Waals surface area contributed by atoms with Crippen molar-refractivity contribution in [3.05, 3.63) is 0 Å². The van der Waals surface area contributed by atoms with Gasteiger partial charge in [-0.05, 0) is 38.5 Å². The first-order valence-electron chi connectivity index (χ1n) is 6.85. The molecule has 4 nitrogen and oxygen atoms in total. The van der Waals surface area contributed by atoms with E-state index in [9.17, 15) is 4.79 Å². The van der Waals surface area contributed by atoms with Crippen LogP contribution in [0, 0.1) is 0 Å². The molecular weight excluding hydrogens is 216 g/mol. The third-order valence-corrected chi connectivity index (χ3v) is 4.17. The van der Waals surface area contributed by atoms with E-state index in [-0.39, 0.29) is 5.91 Å². The molecule has 17 heavy (non-hydrogen) atoms. The number of carbonyl (C=O) groups is 1. The summed E-state index contributed by atoms with van der Waals surface area (Å²) in [6, 6.07) is 0.402. The zero-order valence-electron chi connectivity index (χ0n) is 10.8. The Labute approximate surface area is 103 Å². The van der Waals surface area contributed by atoms with Crippen molar-refractivity contribution in [2.24, 2.45) is 5.73 Å². The first kappa shape index (κ1) is 12.8. The van der Waals surface area contributed by atoms with Gasteiger partial charge in [0, 0.05) is 25.8 Å². The molecular formula is C13H24N2O2. The highest BCUT2D eigenvalue weighted by Gasteiger charge is 2.41. The summed E-state index contributed by atoms with van der Waals surface area (Å²) in [5, 5.41) is 0. The Morgan fingerprint density at radius 2 is 2.12 bits per heavy atom. The summed E-state index contributed by atoms with van der Waals surface area (Å²) in [5.74, 6) is 0.160. The molecule has 4 heteroatoms. The van der Waals surface area contributed by atoms with E-state index in [1.807, 2.05) is 4.90 Å². The van der Waals surface area contributed by atoms with Gasteiger partial charge in [0.15, 0.2) is 0 Å². The summed E-state index contributed by atoms with van der Waals surface area (Å²) in [6.07, 6.45) is 5.86. The molecule has 1 amide bonds. The van der Waals surface area contributed by atoms with E-state index in [0.29, 0.717) is 32.1 Å². The summed E-state index contributed by atoms with van der Waals surface area (Å²) in [5.41, 5.74) is 5.62. The molecule has 0 aromatic carbocycles. The molecule has 0 bridgehead atoms. The number of nitrogens with two attached hydrogens (primary N) is 1. The number of amides is 1. The Morgan fingerprint density at radius 1 is 1.41 bits per heavy atom. The number of likely N-dealkylation sites (tertiary alicyclic amines) is 1. The summed E-state index contributed by atoms with van der Waals surface area (Å²) in [7, 11) is 0. The fourth-order valence-corrected chi connectivity index (χ4v) is 2.93. The second-order valence-corrected chi connectivity index (χ2v) is 5.32. The van der Waals surface area contributed by atoms with Crippen LogP contribution in [-0.4, -0.2) is 42.1 Å². The quantitative estimate of drug-likeness (QED) is 0.791. The fourth-order valence-electron chi connectivity index (χ4n) is 2.93. The van der Waals surface area contributed by atoms with Crippen LogP contribution in [0.2, 0.25) is 0 Å². The number of nitrogens with zero attached hydrogens (tertiary/aromatic N) is 1. The van der Waals surface area contributed by atoms with E-state index in [2.05, 4.69) is 6.92 Å². The molecule has 0 aliphatic carbocycles. The summed E-state index contributed by atoms with van der Waals surface area (Å²) < 4.78 is 5.30. The lowest BCUT2D eigenvalue weighted by Crippen LogP contribution is -2.60. The minimum atomic E-state index is -0.664. The normalized spacial score (nSPS) is 29.1. The Kier molecular flexibility index (Phi) is 4.05. The van der Waals surface area contributed by atoms with Gasteiger partial charge in [-0.1, -0.05) is 6.92 Å². The van der Waals surface area contributed by atoms with Gasteiger partial charge >= 0.3 is 0 Å². The van der Waals surface area contributed by atoms with Gasteiger partial charge in [-0.2, -0.15) is 0 Å². The van der Waals surface area contributed by atoms with Gasteiger partial charge in [0.1, 0.15) is 0 Å².